The van der Waals surface area contributed by atoms with Crippen LogP contribution in [0.1, 0.15) is 39.0 Å². The van der Waals surface area contributed by atoms with Crippen molar-refractivity contribution < 1.29 is 0 Å². The Balaban J connectivity index is 1.89. The molecular formula is C11H19N. The summed E-state index contributed by atoms with van der Waals surface area (Å²) in [5.41, 5.74) is 0. The third-order valence-electron chi connectivity index (χ3n) is 2.49. The standard InChI is InChI=1S/C11H19N/c1-3-11(4-2)12-9-5-6-10-7-8-10/h1,10-12H,4-9H2,2H3. The Hall–Kier alpha value is -0.480. The molecule has 1 heteroatoms. The summed E-state index contributed by atoms with van der Waals surface area (Å²) in [6.45, 7) is 3.22. The van der Waals surface area contributed by atoms with Gasteiger partial charge in [0, 0.05) is 0 Å². The molecule has 1 unspecified atom stereocenters. The van der Waals surface area contributed by atoms with Gasteiger partial charge in [0.25, 0.3) is 0 Å². The van der Waals surface area contributed by atoms with E-state index in [-0.39, 0.29) is 0 Å². The van der Waals surface area contributed by atoms with Crippen LogP contribution in [0.4, 0.5) is 0 Å². The Morgan fingerprint density at radius 1 is 1.58 bits per heavy atom. The summed E-state index contributed by atoms with van der Waals surface area (Å²) in [5.74, 6) is 3.80. The number of nitrogens with one attached hydrogen (secondary N) is 1. The van der Waals surface area contributed by atoms with Gasteiger partial charge in [0.05, 0.1) is 6.04 Å². The van der Waals surface area contributed by atoms with Gasteiger partial charge >= 0.3 is 0 Å². The fourth-order valence-corrected chi connectivity index (χ4v) is 1.39. The van der Waals surface area contributed by atoms with Gasteiger partial charge in [-0.2, -0.15) is 0 Å². The first-order chi connectivity index (χ1) is 5.86. The average Bonchev–Trinajstić information content (AvgIpc) is 2.89. The Morgan fingerprint density at radius 2 is 2.33 bits per heavy atom. The maximum atomic E-state index is 5.33. The molecule has 1 N–H and O–H groups in total. The molecule has 1 aliphatic carbocycles. The highest BCUT2D eigenvalue weighted by atomic mass is 14.9. The summed E-state index contributed by atoms with van der Waals surface area (Å²) < 4.78 is 0. The van der Waals surface area contributed by atoms with E-state index >= 15 is 0 Å². The van der Waals surface area contributed by atoms with E-state index in [9.17, 15) is 0 Å². The van der Waals surface area contributed by atoms with Crippen molar-refractivity contribution in [1.29, 1.82) is 0 Å². The number of hydrogen-bond donors (Lipinski definition) is 1. The predicted molar refractivity (Wildman–Crippen MR) is 52.9 cm³/mol. The minimum absolute atomic E-state index is 0.296. The highest BCUT2D eigenvalue weighted by Gasteiger charge is 2.19. The molecular weight excluding hydrogens is 146 g/mol. The van der Waals surface area contributed by atoms with Crippen molar-refractivity contribution in [3.05, 3.63) is 0 Å². The van der Waals surface area contributed by atoms with Crippen LogP contribution in [0.15, 0.2) is 0 Å². The van der Waals surface area contributed by atoms with E-state index in [4.69, 9.17) is 6.42 Å². The topological polar surface area (TPSA) is 12.0 Å². The van der Waals surface area contributed by atoms with E-state index in [2.05, 4.69) is 18.2 Å². The second kappa shape index (κ2) is 5.22. The van der Waals surface area contributed by atoms with Gasteiger partial charge in [0.2, 0.25) is 0 Å². The van der Waals surface area contributed by atoms with Gasteiger partial charge in [0.1, 0.15) is 0 Å². The van der Waals surface area contributed by atoms with E-state index < -0.39 is 0 Å². The lowest BCUT2D eigenvalue weighted by Crippen LogP contribution is -2.27. The van der Waals surface area contributed by atoms with Crippen LogP contribution in [0.3, 0.4) is 0 Å². The van der Waals surface area contributed by atoms with E-state index in [0.29, 0.717) is 6.04 Å². The Kier molecular flexibility index (Phi) is 4.18. The van der Waals surface area contributed by atoms with Crippen molar-refractivity contribution in [2.75, 3.05) is 6.54 Å². The number of rotatable bonds is 6. The van der Waals surface area contributed by atoms with Gasteiger partial charge in [-0.1, -0.05) is 25.7 Å². The van der Waals surface area contributed by atoms with Crippen LogP contribution in [0.5, 0.6) is 0 Å². The molecule has 1 fully saturated rings. The molecule has 0 aromatic heterocycles. The molecule has 1 atom stereocenters. The smallest absolute Gasteiger partial charge is 0.0684 e. The SMILES string of the molecule is C#CC(CC)NCCCC1CC1. The normalized spacial score (nSPS) is 18.7. The average molecular weight is 165 g/mol. The van der Waals surface area contributed by atoms with E-state index in [0.717, 1.165) is 18.9 Å². The molecule has 0 bridgehead atoms. The molecule has 0 amide bonds. The molecule has 0 spiro atoms. The summed E-state index contributed by atoms with van der Waals surface area (Å²) >= 11 is 0. The molecule has 0 heterocycles. The highest BCUT2D eigenvalue weighted by molar-refractivity contribution is 4.97. The third-order valence-corrected chi connectivity index (χ3v) is 2.49. The molecule has 0 aromatic rings. The van der Waals surface area contributed by atoms with Crippen molar-refractivity contribution in [1.82, 2.24) is 5.32 Å². The maximum Gasteiger partial charge on any atom is 0.0684 e. The lowest BCUT2D eigenvalue weighted by atomic mass is 10.2. The van der Waals surface area contributed by atoms with Crippen molar-refractivity contribution in [2.24, 2.45) is 5.92 Å². The Morgan fingerprint density at radius 3 is 2.83 bits per heavy atom. The van der Waals surface area contributed by atoms with Crippen LogP contribution in [0, 0.1) is 18.3 Å². The second-order valence-corrected chi connectivity index (χ2v) is 3.67. The minimum Gasteiger partial charge on any atom is -0.304 e. The zero-order valence-electron chi connectivity index (χ0n) is 7.97. The molecule has 1 rings (SSSR count). The van der Waals surface area contributed by atoms with Gasteiger partial charge < -0.3 is 5.32 Å². The Labute approximate surface area is 75.9 Å². The van der Waals surface area contributed by atoms with Crippen molar-refractivity contribution in [3.8, 4) is 12.3 Å². The lowest BCUT2D eigenvalue weighted by Gasteiger charge is -2.09. The molecule has 12 heavy (non-hydrogen) atoms. The molecule has 0 aliphatic heterocycles. The van der Waals surface area contributed by atoms with E-state index in [1.165, 1.54) is 25.7 Å². The summed E-state index contributed by atoms with van der Waals surface area (Å²) in [7, 11) is 0. The first-order valence-corrected chi connectivity index (χ1v) is 5.06. The van der Waals surface area contributed by atoms with Gasteiger partial charge in [-0.25, -0.2) is 0 Å². The molecule has 1 aliphatic rings. The minimum atomic E-state index is 0.296. The first-order valence-electron chi connectivity index (χ1n) is 5.06. The molecule has 0 saturated heterocycles. The predicted octanol–water partition coefficient (Wildman–Crippen LogP) is 2.18. The van der Waals surface area contributed by atoms with Crippen molar-refractivity contribution in [2.45, 2.75) is 45.1 Å². The van der Waals surface area contributed by atoms with E-state index in [1.807, 2.05) is 0 Å². The van der Waals surface area contributed by atoms with Crippen LogP contribution in [-0.4, -0.2) is 12.6 Å². The lowest BCUT2D eigenvalue weighted by molar-refractivity contribution is 0.547. The van der Waals surface area contributed by atoms with Gasteiger partial charge in [-0.05, 0) is 31.7 Å². The molecule has 0 aromatic carbocycles. The quantitative estimate of drug-likeness (QED) is 0.470. The van der Waals surface area contributed by atoms with E-state index in [1.54, 1.807) is 0 Å². The largest absolute Gasteiger partial charge is 0.304 e. The van der Waals surface area contributed by atoms with Crippen molar-refractivity contribution >= 4 is 0 Å². The zero-order valence-corrected chi connectivity index (χ0v) is 7.97. The highest BCUT2D eigenvalue weighted by Crippen LogP contribution is 2.33. The third kappa shape index (κ3) is 3.78. The maximum absolute atomic E-state index is 5.33. The summed E-state index contributed by atoms with van der Waals surface area (Å²) in [5, 5.41) is 3.37. The van der Waals surface area contributed by atoms with Crippen LogP contribution < -0.4 is 5.32 Å². The monoisotopic (exact) mass is 165 g/mol. The number of hydrogen-bond acceptors (Lipinski definition) is 1. The molecule has 1 saturated carbocycles. The number of terminal acetylenes is 1. The van der Waals surface area contributed by atoms with Gasteiger partial charge in [-0.15, -0.1) is 6.42 Å². The van der Waals surface area contributed by atoms with Crippen LogP contribution in [0.25, 0.3) is 0 Å². The molecule has 0 radical (unpaired) electrons. The zero-order chi connectivity index (χ0) is 8.81. The summed E-state index contributed by atoms with van der Waals surface area (Å²) in [6, 6.07) is 0.296. The van der Waals surface area contributed by atoms with Gasteiger partial charge in [0.15, 0.2) is 0 Å². The first kappa shape index (κ1) is 9.61. The fourth-order valence-electron chi connectivity index (χ4n) is 1.39. The van der Waals surface area contributed by atoms with Gasteiger partial charge in [-0.3, -0.25) is 0 Å². The molecule has 1 nitrogen and oxygen atoms in total. The van der Waals surface area contributed by atoms with Crippen LogP contribution in [0.2, 0.25) is 0 Å². The van der Waals surface area contributed by atoms with Crippen molar-refractivity contribution in [3.63, 3.8) is 0 Å². The summed E-state index contributed by atoms with van der Waals surface area (Å²) in [4.78, 5) is 0. The molecule has 68 valence electrons. The Bertz CT molecular complexity index is 153. The van der Waals surface area contributed by atoms with Crippen LogP contribution >= 0.6 is 0 Å². The van der Waals surface area contributed by atoms with Crippen LogP contribution in [-0.2, 0) is 0 Å². The second-order valence-electron chi connectivity index (χ2n) is 3.67. The summed E-state index contributed by atoms with van der Waals surface area (Å²) in [6.07, 6.45) is 12.0. The fraction of sp³-hybridized carbons (Fsp3) is 0.818.